The van der Waals surface area contributed by atoms with Crippen LogP contribution in [0.3, 0.4) is 0 Å². The minimum absolute atomic E-state index is 0.0753. The quantitative estimate of drug-likeness (QED) is 0.666. The van der Waals surface area contributed by atoms with E-state index in [1.54, 1.807) is 24.3 Å². The molecule has 0 saturated carbocycles. The van der Waals surface area contributed by atoms with Gasteiger partial charge < -0.3 is 10.8 Å². The number of benzene rings is 1. The predicted molar refractivity (Wildman–Crippen MR) is 103 cm³/mol. The van der Waals surface area contributed by atoms with Crippen LogP contribution in [0.2, 0.25) is 0 Å². The maximum Gasteiger partial charge on any atom is 0.270 e. The molecule has 0 spiro atoms. The van der Waals surface area contributed by atoms with E-state index < -0.39 is 29.6 Å². The first-order valence-electron chi connectivity index (χ1n) is 8.58. The van der Waals surface area contributed by atoms with Gasteiger partial charge in [-0.05, 0) is 31.2 Å². The summed E-state index contributed by atoms with van der Waals surface area (Å²) >= 11 is 0. The third-order valence-corrected chi connectivity index (χ3v) is 4.05. The van der Waals surface area contributed by atoms with E-state index in [1.807, 2.05) is 0 Å². The van der Waals surface area contributed by atoms with Gasteiger partial charge in [-0.1, -0.05) is 0 Å². The average Bonchev–Trinajstić information content (AvgIpc) is 3.22. The van der Waals surface area contributed by atoms with E-state index in [0.717, 1.165) is 4.90 Å². The number of carbonyl (C=O) groups excluding carboxylic acids is 3. The van der Waals surface area contributed by atoms with E-state index in [0.29, 0.717) is 11.3 Å². The molecule has 3 aromatic rings. The lowest BCUT2D eigenvalue weighted by molar-refractivity contribution is -0.126. The molecule has 0 aliphatic heterocycles. The van der Waals surface area contributed by atoms with Crippen LogP contribution >= 0.6 is 0 Å². The van der Waals surface area contributed by atoms with Gasteiger partial charge >= 0.3 is 0 Å². The highest BCUT2D eigenvalue weighted by atomic mass is 16.3. The lowest BCUT2D eigenvalue weighted by Crippen LogP contribution is -2.44. The van der Waals surface area contributed by atoms with Gasteiger partial charge in [0.25, 0.3) is 5.91 Å². The Balaban J connectivity index is 1.88. The Morgan fingerprint density at radius 3 is 2.41 bits per heavy atom. The first-order valence-corrected chi connectivity index (χ1v) is 8.58. The first kappa shape index (κ1) is 19.8. The summed E-state index contributed by atoms with van der Waals surface area (Å²) in [5.41, 5.74) is 6.39. The van der Waals surface area contributed by atoms with E-state index in [4.69, 9.17) is 5.73 Å². The summed E-state index contributed by atoms with van der Waals surface area (Å²) in [5, 5.41) is 10.2. The van der Waals surface area contributed by atoms with Crippen LogP contribution in [0.25, 0.3) is 11.4 Å². The molecule has 3 rings (SSSR count). The fourth-order valence-electron chi connectivity index (χ4n) is 2.61. The summed E-state index contributed by atoms with van der Waals surface area (Å²) in [7, 11) is 0. The highest BCUT2D eigenvalue weighted by Gasteiger charge is 2.23. The number of hydrogen-bond donors (Lipinski definition) is 2. The molecule has 2 aromatic heterocycles. The van der Waals surface area contributed by atoms with Crippen LogP contribution in [-0.4, -0.2) is 48.4 Å². The average molecular weight is 394 g/mol. The smallest absolute Gasteiger partial charge is 0.270 e. The minimum Gasteiger partial charge on any atom is -0.493 e. The van der Waals surface area contributed by atoms with Crippen LogP contribution in [0, 0.1) is 0 Å². The maximum absolute atomic E-state index is 12.3. The van der Waals surface area contributed by atoms with Crippen molar-refractivity contribution in [2.75, 3.05) is 4.90 Å². The number of aromatic hydroxyl groups is 1. The van der Waals surface area contributed by atoms with Crippen molar-refractivity contribution in [1.29, 1.82) is 0 Å². The number of imidazole rings is 1. The van der Waals surface area contributed by atoms with E-state index in [9.17, 15) is 19.5 Å². The molecule has 0 saturated heterocycles. The number of aromatic nitrogens is 4. The van der Waals surface area contributed by atoms with Gasteiger partial charge in [0.2, 0.25) is 17.7 Å². The van der Waals surface area contributed by atoms with E-state index in [1.165, 1.54) is 43.3 Å². The molecule has 2 heterocycles. The zero-order valence-corrected chi connectivity index (χ0v) is 15.7. The fraction of sp³-hybridized carbons (Fsp3) is 0.158. The number of nitrogens with zero attached hydrogens (tertiary/aromatic N) is 5. The summed E-state index contributed by atoms with van der Waals surface area (Å²) < 4.78 is 1.19. The van der Waals surface area contributed by atoms with E-state index in [-0.39, 0.29) is 11.4 Å². The van der Waals surface area contributed by atoms with Crippen molar-refractivity contribution in [3.63, 3.8) is 0 Å². The highest BCUT2D eigenvalue weighted by Crippen LogP contribution is 2.24. The van der Waals surface area contributed by atoms with Crippen LogP contribution in [0.1, 0.15) is 24.2 Å². The topological polar surface area (TPSA) is 144 Å². The normalized spacial score (nSPS) is 11.7. The molecule has 0 fully saturated rings. The maximum atomic E-state index is 12.3. The number of hydrogen-bond acceptors (Lipinski definition) is 8. The van der Waals surface area contributed by atoms with Gasteiger partial charge in [0.1, 0.15) is 11.9 Å². The number of anilines is 1. The second-order valence-electron chi connectivity index (χ2n) is 6.23. The molecule has 0 aliphatic rings. The van der Waals surface area contributed by atoms with Crippen molar-refractivity contribution < 1.29 is 19.5 Å². The van der Waals surface area contributed by atoms with Crippen molar-refractivity contribution in [2.24, 2.45) is 5.73 Å². The second-order valence-corrected chi connectivity index (χ2v) is 6.23. The van der Waals surface area contributed by atoms with Gasteiger partial charge in [-0.25, -0.2) is 14.9 Å². The first-order chi connectivity index (χ1) is 13.8. The van der Waals surface area contributed by atoms with Crippen molar-refractivity contribution in [1.82, 2.24) is 19.5 Å². The largest absolute Gasteiger partial charge is 0.493 e. The SMILES string of the molecule is CC(=O)N(C(=O)[C@@H](C)N)c1ccc(-c2ncc(C(=O)n3ccnc3)c(O)n2)cc1. The molecule has 0 bridgehead atoms. The Labute approximate surface area is 165 Å². The summed E-state index contributed by atoms with van der Waals surface area (Å²) in [5.74, 6) is -1.81. The van der Waals surface area contributed by atoms with Crippen LogP contribution < -0.4 is 10.6 Å². The zero-order valence-electron chi connectivity index (χ0n) is 15.7. The van der Waals surface area contributed by atoms with Crippen LogP contribution in [0.5, 0.6) is 5.88 Å². The zero-order chi connectivity index (χ0) is 21.1. The third kappa shape index (κ3) is 4.01. The lowest BCUT2D eigenvalue weighted by Gasteiger charge is -2.21. The van der Waals surface area contributed by atoms with Gasteiger partial charge in [0.15, 0.2) is 5.82 Å². The molecular weight excluding hydrogens is 376 g/mol. The van der Waals surface area contributed by atoms with Gasteiger partial charge in [-0.2, -0.15) is 4.98 Å². The summed E-state index contributed by atoms with van der Waals surface area (Å²) in [6.45, 7) is 2.77. The second kappa shape index (κ2) is 7.98. The van der Waals surface area contributed by atoms with Gasteiger partial charge in [0.05, 0.1) is 11.7 Å². The number of rotatable bonds is 4. The molecule has 10 nitrogen and oxygen atoms in total. The van der Waals surface area contributed by atoms with E-state index >= 15 is 0 Å². The molecule has 148 valence electrons. The molecule has 1 atom stereocenters. The number of nitrogens with two attached hydrogens (primary N) is 1. The molecule has 0 unspecified atom stereocenters. The fourth-order valence-corrected chi connectivity index (χ4v) is 2.61. The Morgan fingerprint density at radius 1 is 1.21 bits per heavy atom. The van der Waals surface area contributed by atoms with Crippen molar-refractivity contribution in [3.8, 4) is 17.3 Å². The summed E-state index contributed by atoms with van der Waals surface area (Å²) in [6.07, 6.45) is 5.40. The van der Waals surface area contributed by atoms with Gasteiger partial charge in [0, 0.05) is 31.1 Å². The van der Waals surface area contributed by atoms with Gasteiger partial charge in [-0.15, -0.1) is 0 Å². The Hall–Kier alpha value is -3.92. The minimum atomic E-state index is -0.834. The molecule has 1 aromatic carbocycles. The van der Waals surface area contributed by atoms with Gasteiger partial charge in [-0.3, -0.25) is 19.0 Å². The molecule has 3 N–H and O–H groups in total. The Bertz CT molecular complexity index is 1060. The Kier molecular flexibility index (Phi) is 5.46. The molecule has 10 heteroatoms. The summed E-state index contributed by atoms with van der Waals surface area (Å²) in [6, 6.07) is 5.43. The highest BCUT2D eigenvalue weighted by molar-refractivity contribution is 6.15. The number of amides is 2. The van der Waals surface area contributed by atoms with Crippen molar-refractivity contribution >= 4 is 23.4 Å². The Morgan fingerprint density at radius 2 is 1.90 bits per heavy atom. The predicted octanol–water partition coefficient (Wildman–Crippen LogP) is 0.961. The molecule has 29 heavy (non-hydrogen) atoms. The number of carbonyl (C=O) groups is 3. The monoisotopic (exact) mass is 394 g/mol. The van der Waals surface area contributed by atoms with Crippen molar-refractivity contribution in [2.45, 2.75) is 19.9 Å². The molecule has 2 amide bonds. The number of imide groups is 1. The molecule has 0 aliphatic carbocycles. The van der Waals surface area contributed by atoms with Crippen molar-refractivity contribution in [3.05, 3.63) is 54.7 Å². The van der Waals surface area contributed by atoms with Crippen LogP contribution in [0.15, 0.2) is 49.2 Å². The van der Waals surface area contributed by atoms with Crippen LogP contribution in [0.4, 0.5) is 5.69 Å². The van der Waals surface area contributed by atoms with Crippen LogP contribution in [-0.2, 0) is 9.59 Å². The lowest BCUT2D eigenvalue weighted by atomic mass is 10.1. The van der Waals surface area contributed by atoms with E-state index in [2.05, 4.69) is 15.0 Å². The summed E-state index contributed by atoms with van der Waals surface area (Å²) in [4.78, 5) is 49.1. The molecular formula is C19H18N6O4. The molecule has 0 radical (unpaired) electrons. The third-order valence-electron chi connectivity index (χ3n) is 4.05. The standard InChI is InChI=1S/C19H18N6O4/c1-11(20)18(28)25(12(2)26)14-5-3-13(4-6-14)16-22-9-15(17(27)23-16)19(29)24-8-7-21-10-24/h3-11H,20H2,1-2H3,(H,22,23,27)/t11-/m1/s1.